The fourth-order valence-electron chi connectivity index (χ4n) is 1.44. The van der Waals surface area contributed by atoms with Crippen LogP contribution in [0.2, 0.25) is 0 Å². The zero-order valence-electron chi connectivity index (χ0n) is 10.1. The zero-order chi connectivity index (χ0) is 12.7. The Bertz CT molecular complexity index is 347. The maximum Gasteiger partial charge on any atom is 0.358 e. The first-order valence-corrected chi connectivity index (χ1v) is 5.50. The van der Waals surface area contributed by atoms with E-state index in [1.54, 1.807) is 12.1 Å². The number of hydrogen-bond donors (Lipinski definition) is 1. The summed E-state index contributed by atoms with van der Waals surface area (Å²) in [4.78, 5) is 13.1. The van der Waals surface area contributed by atoms with Crippen LogP contribution in [0.4, 0.5) is 5.82 Å². The number of nitrogens with zero attached hydrogens (tertiary/aromatic N) is 3. The molecular formula is C11H17N3O3. The number of anilines is 1. The monoisotopic (exact) mass is 239 g/mol. The standard InChI is InChI=1S/C11H17N3O3/c1-3-6-14(7-8-15)10-5-4-9(12-13-10)11(16)17-2/h4-5,15H,3,6-8H2,1-2H3. The van der Waals surface area contributed by atoms with E-state index in [1.165, 1.54) is 7.11 Å². The van der Waals surface area contributed by atoms with Crippen LogP contribution >= 0.6 is 0 Å². The Hall–Kier alpha value is -1.69. The van der Waals surface area contributed by atoms with E-state index in [4.69, 9.17) is 5.11 Å². The molecule has 0 saturated carbocycles. The number of ether oxygens (including phenoxy) is 1. The number of aliphatic hydroxyl groups is 1. The summed E-state index contributed by atoms with van der Waals surface area (Å²) >= 11 is 0. The smallest absolute Gasteiger partial charge is 0.358 e. The predicted molar refractivity (Wildman–Crippen MR) is 63.0 cm³/mol. The molecule has 1 aromatic heterocycles. The Morgan fingerprint density at radius 2 is 2.18 bits per heavy atom. The molecule has 17 heavy (non-hydrogen) atoms. The van der Waals surface area contributed by atoms with Gasteiger partial charge >= 0.3 is 5.97 Å². The minimum absolute atomic E-state index is 0.0560. The molecule has 6 heteroatoms. The predicted octanol–water partition coefficient (Wildman–Crippen LogP) is 0.472. The Morgan fingerprint density at radius 3 is 2.65 bits per heavy atom. The van der Waals surface area contributed by atoms with Crippen LogP contribution in [0, 0.1) is 0 Å². The summed E-state index contributed by atoms with van der Waals surface area (Å²) in [6.45, 7) is 3.38. The van der Waals surface area contributed by atoms with Crippen molar-refractivity contribution in [2.75, 3.05) is 31.7 Å². The SMILES string of the molecule is CCCN(CCO)c1ccc(C(=O)OC)nn1. The van der Waals surface area contributed by atoms with Crippen molar-refractivity contribution in [1.29, 1.82) is 0 Å². The lowest BCUT2D eigenvalue weighted by atomic mass is 10.3. The molecule has 0 spiro atoms. The Balaban J connectivity index is 2.80. The highest BCUT2D eigenvalue weighted by atomic mass is 16.5. The number of aliphatic hydroxyl groups excluding tert-OH is 1. The first-order chi connectivity index (χ1) is 8.22. The third-order valence-corrected chi connectivity index (χ3v) is 2.23. The molecule has 0 aliphatic rings. The normalized spacial score (nSPS) is 10.1. The van der Waals surface area contributed by atoms with Gasteiger partial charge in [-0.2, -0.15) is 0 Å². The third kappa shape index (κ3) is 3.67. The second-order valence-corrected chi connectivity index (χ2v) is 3.48. The van der Waals surface area contributed by atoms with E-state index in [2.05, 4.69) is 14.9 Å². The van der Waals surface area contributed by atoms with Crippen LogP contribution in [0.15, 0.2) is 12.1 Å². The van der Waals surface area contributed by atoms with Gasteiger partial charge in [0.15, 0.2) is 11.5 Å². The summed E-state index contributed by atoms with van der Waals surface area (Å²) < 4.78 is 4.54. The van der Waals surface area contributed by atoms with Crippen molar-refractivity contribution in [3.63, 3.8) is 0 Å². The lowest BCUT2D eigenvalue weighted by molar-refractivity contribution is 0.0592. The average molecular weight is 239 g/mol. The van der Waals surface area contributed by atoms with Crippen LogP contribution in [-0.4, -0.2) is 48.1 Å². The second-order valence-electron chi connectivity index (χ2n) is 3.48. The third-order valence-electron chi connectivity index (χ3n) is 2.23. The molecule has 0 unspecified atom stereocenters. The molecule has 0 fully saturated rings. The van der Waals surface area contributed by atoms with E-state index in [1.807, 2.05) is 11.8 Å². The lowest BCUT2D eigenvalue weighted by Gasteiger charge is -2.21. The Morgan fingerprint density at radius 1 is 1.41 bits per heavy atom. The van der Waals surface area contributed by atoms with Gasteiger partial charge in [0, 0.05) is 13.1 Å². The molecule has 0 saturated heterocycles. The fraction of sp³-hybridized carbons (Fsp3) is 0.545. The molecule has 0 aliphatic carbocycles. The fourth-order valence-corrected chi connectivity index (χ4v) is 1.44. The average Bonchev–Trinajstić information content (AvgIpc) is 2.38. The number of hydrogen-bond acceptors (Lipinski definition) is 6. The highest BCUT2D eigenvalue weighted by Gasteiger charge is 2.10. The maximum absolute atomic E-state index is 11.2. The molecular weight excluding hydrogens is 222 g/mol. The lowest BCUT2D eigenvalue weighted by Crippen LogP contribution is -2.28. The maximum atomic E-state index is 11.2. The van der Waals surface area contributed by atoms with Gasteiger partial charge in [0.2, 0.25) is 0 Å². The van der Waals surface area contributed by atoms with Gasteiger partial charge in [-0.25, -0.2) is 4.79 Å². The molecule has 94 valence electrons. The van der Waals surface area contributed by atoms with Crippen LogP contribution in [0.25, 0.3) is 0 Å². The van der Waals surface area contributed by atoms with E-state index in [9.17, 15) is 4.79 Å². The largest absolute Gasteiger partial charge is 0.464 e. The van der Waals surface area contributed by atoms with Gasteiger partial charge in [-0.05, 0) is 18.6 Å². The van der Waals surface area contributed by atoms with Crippen LogP contribution in [-0.2, 0) is 4.74 Å². The van der Waals surface area contributed by atoms with Gasteiger partial charge in [0.05, 0.1) is 13.7 Å². The first kappa shape index (κ1) is 13.4. The quantitative estimate of drug-likeness (QED) is 0.727. The van der Waals surface area contributed by atoms with Crippen molar-refractivity contribution in [3.8, 4) is 0 Å². The van der Waals surface area contributed by atoms with Gasteiger partial charge in [0.25, 0.3) is 0 Å². The molecule has 0 amide bonds. The van der Waals surface area contributed by atoms with Crippen molar-refractivity contribution >= 4 is 11.8 Å². The summed E-state index contributed by atoms with van der Waals surface area (Å²) in [5.74, 6) is 0.141. The molecule has 0 aliphatic heterocycles. The topological polar surface area (TPSA) is 75.5 Å². The number of carbonyl (C=O) groups excluding carboxylic acids is 1. The van der Waals surface area contributed by atoms with Crippen molar-refractivity contribution in [3.05, 3.63) is 17.8 Å². The summed E-state index contributed by atoms with van der Waals surface area (Å²) in [6, 6.07) is 3.26. The summed E-state index contributed by atoms with van der Waals surface area (Å²) in [7, 11) is 1.30. The van der Waals surface area contributed by atoms with Crippen LogP contribution in [0.1, 0.15) is 23.8 Å². The molecule has 0 bridgehead atoms. The minimum atomic E-state index is -0.506. The first-order valence-electron chi connectivity index (χ1n) is 5.50. The van der Waals surface area contributed by atoms with Crippen LogP contribution in [0.3, 0.4) is 0 Å². The van der Waals surface area contributed by atoms with Gasteiger partial charge in [-0.15, -0.1) is 10.2 Å². The van der Waals surface area contributed by atoms with Crippen LogP contribution in [0.5, 0.6) is 0 Å². The van der Waals surface area contributed by atoms with E-state index in [0.717, 1.165) is 13.0 Å². The van der Waals surface area contributed by atoms with E-state index < -0.39 is 5.97 Å². The molecule has 0 radical (unpaired) electrons. The van der Waals surface area contributed by atoms with Crippen molar-refractivity contribution in [1.82, 2.24) is 10.2 Å². The summed E-state index contributed by atoms with van der Waals surface area (Å²) in [6.07, 6.45) is 0.945. The Labute approximate surface area is 100 Å². The molecule has 0 atom stereocenters. The van der Waals surface area contributed by atoms with Crippen molar-refractivity contribution < 1.29 is 14.6 Å². The Kier molecular flexibility index (Phi) is 5.35. The highest BCUT2D eigenvalue weighted by molar-refractivity contribution is 5.86. The van der Waals surface area contributed by atoms with Gasteiger partial charge < -0.3 is 14.7 Å². The molecule has 0 aromatic carbocycles. The number of esters is 1. The van der Waals surface area contributed by atoms with Gasteiger partial charge in [0.1, 0.15) is 0 Å². The number of aromatic nitrogens is 2. The summed E-state index contributed by atoms with van der Waals surface area (Å²) in [5, 5.41) is 16.7. The molecule has 6 nitrogen and oxygen atoms in total. The van der Waals surface area contributed by atoms with Crippen molar-refractivity contribution in [2.24, 2.45) is 0 Å². The van der Waals surface area contributed by atoms with E-state index >= 15 is 0 Å². The number of methoxy groups -OCH3 is 1. The molecule has 1 aromatic rings. The number of rotatable bonds is 6. The molecule has 1 heterocycles. The minimum Gasteiger partial charge on any atom is -0.464 e. The van der Waals surface area contributed by atoms with E-state index in [-0.39, 0.29) is 12.3 Å². The molecule has 1 N–H and O–H groups in total. The highest BCUT2D eigenvalue weighted by Crippen LogP contribution is 2.10. The zero-order valence-corrected chi connectivity index (χ0v) is 10.1. The van der Waals surface area contributed by atoms with Crippen molar-refractivity contribution in [2.45, 2.75) is 13.3 Å². The van der Waals surface area contributed by atoms with Crippen LogP contribution < -0.4 is 4.90 Å². The van der Waals surface area contributed by atoms with Gasteiger partial charge in [-0.3, -0.25) is 0 Å². The van der Waals surface area contributed by atoms with Gasteiger partial charge in [-0.1, -0.05) is 6.92 Å². The molecule has 1 rings (SSSR count). The summed E-state index contributed by atoms with van der Waals surface area (Å²) in [5.41, 5.74) is 0.177. The second kappa shape index (κ2) is 6.80. The number of carbonyl (C=O) groups is 1. The van der Waals surface area contributed by atoms with E-state index in [0.29, 0.717) is 12.4 Å².